The van der Waals surface area contributed by atoms with Crippen LogP contribution in [0.15, 0.2) is 5.38 Å². The molecule has 0 saturated carbocycles. The van der Waals surface area contributed by atoms with E-state index in [0.29, 0.717) is 11.2 Å². The summed E-state index contributed by atoms with van der Waals surface area (Å²) in [5, 5.41) is 3.42. The van der Waals surface area contributed by atoms with Crippen molar-refractivity contribution in [1.82, 2.24) is 4.98 Å². The summed E-state index contributed by atoms with van der Waals surface area (Å²) < 4.78 is 0. The predicted octanol–water partition coefficient (Wildman–Crippen LogP) is 1.33. The second-order valence-electron chi connectivity index (χ2n) is 2.95. The molecule has 1 aliphatic rings. The highest BCUT2D eigenvalue weighted by Gasteiger charge is 2.21. The van der Waals surface area contributed by atoms with Crippen LogP contribution in [0.25, 0.3) is 0 Å². The van der Waals surface area contributed by atoms with E-state index in [2.05, 4.69) is 9.88 Å². The minimum absolute atomic E-state index is 0.299. The van der Waals surface area contributed by atoms with E-state index in [-0.39, 0.29) is 0 Å². The molecule has 0 amide bonds. The van der Waals surface area contributed by atoms with Gasteiger partial charge in [0.05, 0.1) is 0 Å². The molecule has 5 heteroatoms. The van der Waals surface area contributed by atoms with E-state index in [4.69, 9.17) is 17.3 Å². The molecule has 0 spiro atoms. The van der Waals surface area contributed by atoms with Crippen LogP contribution in [0.2, 0.25) is 5.15 Å². The molecule has 1 fully saturated rings. The first-order chi connectivity index (χ1) is 5.75. The number of aromatic nitrogens is 1. The van der Waals surface area contributed by atoms with Crippen molar-refractivity contribution in [3.8, 4) is 0 Å². The van der Waals surface area contributed by atoms with Gasteiger partial charge in [-0.15, -0.1) is 11.3 Å². The summed E-state index contributed by atoms with van der Waals surface area (Å²) in [6.45, 7) is 1.91. The van der Waals surface area contributed by atoms with E-state index in [9.17, 15) is 0 Å². The van der Waals surface area contributed by atoms with Crippen molar-refractivity contribution in [2.24, 2.45) is 5.73 Å². The van der Waals surface area contributed by atoms with Crippen molar-refractivity contribution in [3.05, 3.63) is 10.5 Å². The lowest BCUT2D eigenvalue weighted by Gasteiger charge is -2.12. The second kappa shape index (κ2) is 3.20. The molecule has 12 heavy (non-hydrogen) atoms. The molecule has 1 aliphatic heterocycles. The number of nitrogens with zero attached hydrogens (tertiary/aromatic N) is 2. The Hall–Kier alpha value is -0.320. The maximum absolute atomic E-state index is 5.77. The van der Waals surface area contributed by atoms with Crippen LogP contribution in [0.5, 0.6) is 0 Å². The van der Waals surface area contributed by atoms with Crippen LogP contribution in [0.3, 0.4) is 0 Å². The van der Waals surface area contributed by atoms with Gasteiger partial charge >= 0.3 is 0 Å². The third-order valence-electron chi connectivity index (χ3n) is 1.96. The third kappa shape index (κ3) is 1.55. The van der Waals surface area contributed by atoms with E-state index in [1.165, 1.54) is 0 Å². The molecule has 2 rings (SSSR count). The fraction of sp³-hybridized carbons (Fsp3) is 0.571. The highest BCUT2D eigenvalue weighted by atomic mass is 35.5. The van der Waals surface area contributed by atoms with Gasteiger partial charge in [-0.1, -0.05) is 11.6 Å². The average Bonchev–Trinajstić information content (AvgIpc) is 2.58. The first-order valence-corrected chi connectivity index (χ1v) is 5.13. The quantitative estimate of drug-likeness (QED) is 0.749. The number of rotatable bonds is 1. The molecular formula is C7H10ClN3S. The standard InChI is InChI=1S/C7H10ClN3S/c8-6-4-12-7(10-6)11-2-1-5(9)3-11/h4-5H,1-3,9H2. The number of thiazole rings is 1. The number of hydrogen-bond acceptors (Lipinski definition) is 4. The SMILES string of the molecule is NC1CCN(c2nc(Cl)cs2)C1. The fourth-order valence-electron chi connectivity index (χ4n) is 1.35. The predicted molar refractivity (Wildman–Crippen MR) is 51.9 cm³/mol. The van der Waals surface area contributed by atoms with Gasteiger partial charge in [-0.3, -0.25) is 0 Å². The maximum atomic E-state index is 5.77. The zero-order chi connectivity index (χ0) is 8.55. The van der Waals surface area contributed by atoms with Crippen LogP contribution in [-0.2, 0) is 0 Å². The van der Waals surface area contributed by atoms with Crippen molar-refractivity contribution in [2.45, 2.75) is 12.5 Å². The fourth-order valence-corrected chi connectivity index (χ4v) is 2.34. The largest absolute Gasteiger partial charge is 0.346 e. The monoisotopic (exact) mass is 203 g/mol. The number of anilines is 1. The molecule has 1 aromatic heterocycles. The molecule has 0 aromatic carbocycles. The van der Waals surface area contributed by atoms with Gasteiger partial charge in [-0.05, 0) is 6.42 Å². The van der Waals surface area contributed by atoms with Gasteiger partial charge in [0.15, 0.2) is 5.13 Å². The number of halogens is 1. The molecule has 1 unspecified atom stereocenters. The molecule has 0 radical (unpaired) electrons. The van der Waals surface area contributed by atoms with Gasteiger partial charge in [0, 0.05) is 24.5 Å². The summed E-state index contributed by atoms with van der Waals surface area (Å²) in [5.41, 5.74) is 5.77. The van der Waals surface area contributed by atoms with E-state index in [0.717, 1.165) is 24.6 Å². The van der Waals surface area contributed by atoms with Gasteiger partial charge in [0.1, 0.15) is 5.15 Å². The zero-order valence-electron chi connectivity index (χ0n) is 6.53. The lowest BCUT2D eigenvalue weighted by atomic mass is 10.3. The van der Waals surface area contributed by atoms with E-state index < -0.39 is 0 Å². The summed E-state index contributed by atoms with van der Waals surface area (Å²) in [6.07, 6.45) is 1.05. The minimum Gasteiger partial charge on any atom is -0.346 e. The van der Waals surface area contributed by atoms with E-state index in [1.54, 1.807) is 11.3 Å². The highest BCUT2D eigenvalue weighted by Crippen LogP contribution is 2.25. The Kier molecular flexibility index (Phi) is 2.21. The molecule has 1 atom stereocenters. The molecule has 3 nitrogen and oxygen atoms in total. The van der Waals surface area contributed by atoms with Crippen LogP contribution < -0.4 is 10.6 Å². The summed E-state index contributed by atoms with van der Waals surface area (Å²) in [5.74, 6) is 0. The molecule has 1 saturated heterocycles. The van der Waals surface area contributed by atoms with Gasteiger partial charge in [-0.2, -0.15) is 0 Å². The van der Waals surface area contributed by atoms with E-state index in [1.807, 2.05) is 5.38 Å². The van der Waals surface area contributed by atoms with Gasteiger partial charge in [-0.25, -0.2) is 4.98 Å². The number of nitrogens with two attached hydrogens (primary N) is 1. The molecule has 2 heterocycles. The Labute approximate surface area is 80.1 Å². The first kappa shape index (κ1) is 8.29. The van der Waals surface area contributed by atoms with Gasteiger partial charge < -0.3 is 10.6 Å². The Morgan fingerprint density at radius 3 is 3.08 bits per heavy atom. The average molecular weight is 204 g/mol. The molecular weight excluding hydrogens is 194 g/mol. The maximum Gasteiger partial charge on any atom is 0.186 e. The van der Waals surface area contributed by atoms with Crippen molar-refractivity contribution in [3.63, 3.8) is 0 Å². The van der Waals surface area contributed by atoms with Crippen LogP contribution in [0, 0.1) is 0 Å². The van der Waals surface area contributed by atoms with Crippen molar-refractivity contribution in [2.75, 3.05) is 18.0 Å². The summed E-state index contributed by atoms with van der Waals surface area (Å²) in [7, 11) is 0. The minimum atomic E-state index is 0.299. The van der Waals surface area contributed by atoms with Crippen LogP contribution in [-0.4, -0.2) is 24.1 Å². The van der Waals surface area contributed by atoms with E-state index >= 15 is 0 Å². The molecule has 0 aliphatic carbocycles. The topological polar surface area (TPSA) is 42.1 Å². The molecule has 1 aromatic rings. The molecule has 66 valence electrons. The smallest absolute Gasteiger partial charge is 0.186 e. The van der Waals surface area contributed by atoms with Crippen molar-refractivity contribution >= 4 is 28.1 Å². The highest BCUT2D eigenvalue weighted by molar-refractivity contribution is 7.14. The summed E-state index contributed by atoms with van der Waals surface area (Å²) >= 11 is 7.29. The van der Waals surface area contributed by atoms with Gasteiger partial charge in [0.25, 0.3) is 0 Å². The molecule has 0 bridgehead atoms. The van der Waals surface area contributed by atoms with Crippen LogP contribution >= 0.6 is 22.9 Å². The Balaban J connectivity index is 2.11. The zero-order valence-corrected chi connectivity index (χ0v) is 8.11. The Morgan fingerprint density at radius 1 is 1.75 bits per heavy atom. The third-order valence-corrected chi connectivity index (χ3v) is 3.18. The summed E-state index contributed by atoms with van der Waals surface area (Å²) in [4.78, 5) is 6.36. The second-order valence-corrected chi connectivity index (χ2v) is 4.17. The van der Waals surface area contributed by atoms with Crippen molar-refractivity contribution in [1.29, 1.82) is 0 Å². The van der Waals surface area contributed by atoms with Crippen molar-refractivity contribution < 1.29 is 0 Å². The van der Waals surface area contributed by atoms with Gasteiger partial charge in [0.2, 0.25) is 0 Å². The normalized spacial score (nSPS) is 23.5. The van der Waals surface area contributed by atoms with Crippen LogP contribution in [0.4, 0.5) is 5.13 Å². The Morgan fingerprint density at radius 2 is 2.58 bits per heavy atom. The Bertz CT molecular complexity index is 275. The van der Waals surface area contributed by atoms with Crippen LogP contribution in [0.1, 0.15) is 6.42 Å². The molecule has 2 N–H and O–H groups in total. The lowest BCUT2D eigenvalue weighted by Crippen LogP contribution is -2.26. The summed E-state index contributed by atoms with van der Waals surface area (Å²) in [6, 6.07) is 0.299. The number of hydrogen-bond donors (Lipinski definition) is 1. The first-order valence-electron chi connectivity index (χ1n) is 3.87. The lowest BCUT2D eigenvalue weighted by molar-refractivity contribution is 0.752.